The van der Waals surface area contributed by atoms with Crippen molar-refractivity contribution in [3.05, 3.63) is 60.8 Å². The van der Waals surface area contributed by atoms with Gasteiger partial charge in [-0.05, 0) is 57.8 Å². The molecule has 0 spiro atoms. The van der Waals surface area contributed by atoms with E-state index in [2.05, 4.69) is 79.9 Å². The van der Waals surface area contributed by atoms with E-state index in [4.69, 9.17) is 28.4 Å². The molecule has 0 saturated carbocycles. The van der Waals surface area contributed by atoms with E-state index >= 15 is 0 Å². The summed E-state index contributed by atoms with van der Waals surface area (Å²) >= 11 is 0. The van der Waals surface area contributed by atoms with Gasteiger partial charge in [-0.1, -0.05) is 312 Å². The molecule has 19 heteroatoms. The number of nitrogens with one attached hydrogen (secondary N) is 1. The van der Waals surface area contributed by atoms with Crippen LogP contribution in [0.4, 0.5) is 0 Å². The minimum atomic E-state index is -1.97. The lowest BCUT2D eigenvalue weighted by atomic mass is 9.96. The molecule has 17 atom stereocenters. The van der Waals surface area contributed by atoms with Gasteiger partial charge < -0.3 is 89.9 Å². The van der Waals surface area contributed by atoms with Gasteiger partial charge in [0.1, 0.15) is 73.2 Å². The lowest BCUT2D eigenvalue weighted by Gasteiger charge is -2.48. The van der Waals surface area contributed by atoms with Crippen LogP contribution in [0.1, 0.15) is 316 Å². The Kier molecular flexibility index (Phi) is 56.5. The molecule has 3 saturated heterocycles. The number of amides is 1. The van der Waals surface area contributed by atoms with E-state index in [1.54, 1.807) is 0 Å². The van der Waals surface area contributed by atoms with Crippen molar-refractivity contribution in [2.24, 2.45) is 0 Å². The van der Waals surface area contributed by atoms with E-state index in [9.17, 15) is 61.0 Å². The molecule has 0 aromatic heterocycles. The standard InChI is InChI=1S/C81H147NO18/c1-3-5-7-9-11-13-15-17-19-21-23-24-25-26-27-28-29-30-31-32-33-34-35-36-37-38-39-40-41-43-45-47-49-51-53-55-57-59-69(87)82-64(65(86)58-56-54-52-50-48-46-44-42-22-20-18-16-14-12-10-8-6-4-2)63-95-79-75(93)72(90)77(67(61-84)97-79)100-81-76(94)73(91)78(68(62-85)98-81)99-80-74(92)71(89)70(88)66(60-83)96-80/h5,7,11,13,17,19,23-24,26-27,64-68,70-81,83-86,88-94H,3-4,6,8-10,12,14-16,18,20-22,25,28-63H2,1-2H3,(H,82,87)/b7-5-,13-11-,19-17-,24-23-,27-26-. The fourth-order valence-corrected chi connectivity index (χ4v) is 13.6. The molecule has 1 amide bonds. The second kappa shape index (κ2) is 61.6. The molecule has 0 aromatic carbocycles. The summed E-state index contributed by atoms with van der Waals surface area (Å²) in [4.78, 5) is 13.5. The summed E-state index contributed by atoms with van der Waals surface area (Å²) in [5.41, 5.74) is 0. The molecule has 3 heterocycles. The van der Waals surface area contributed by atoms with Gasteiger partial charge >= 0.3 is 0 Å². The van der Waals surface area contributed by atoms with E-state index in [0.29, 0.717) is 12.8 Å². The second-order valence-corrected chi connectivity index (χ2v) is 28.9. The van der Waals surface area contributed by atoms with Gasteiger partial charge in [-0.2, -0.15) is 0 Å². The first-order chi connectivity index (χ1) is 48.8. The largest absolute Gasteiger partial charge is 0.394 e. The predicted molar refractivity (Wildman–Crippen MR) is 397 cm³/mol. The van der Waals surface area contributed by atoms with E-state index < -0.39 is 124 Å². The number of ether oxygens (including phenoxy) is 6. The molecule has 19 nitrogen and oxygen atoms in total. The monoisotopic (exact) mass is 1420 g/mol. The average molecular weight is 1420 g/mol. The third-order valence-corrected chi connectivity index (χ3v) is 20.1. The third-order valence-electron chi connectivity index (χ3n) is 20.1. The summed E-state index contributed by atoms with van der Waals surface area (Å²) in [5.74, 6) is -0.238. The Labute approximate surface area is 605 Å². The number of aliphatic hydroxyl groups is 11. The van der Waals surface area contributed by atoms with Gasteiger partial charge in [0.2, 0.25) is 5.91 Å². The van der Waals surface area contributed by atoms with Crippen molar-refractivity contribution in [3.8, 4) is 0 Å². The van der Waals surface area contributed by atoms with Crippen molar-refractivity contribution in [2.75, 3.05) is 26.4 Å². The van der Waals surface area contributed by atoms with Gasteiger partial charge in [-0.15, -0.1) is 0 Å². The van der Waals surface area contributed by atoms with Crippen LogP contribution < -0.4 is 5.32 Å². The Morgan fingerprint density at radius 2 is 0.690 bits per heavy atom. The minimum absolute atomic E-state index is 0.238. The second-order valence-electron chi connectivity index (χ2n) is 28.9. The Morgan fingerprint density at radius 3 is 1.08 bits per heavy atom. The van der Waals surface area contributed by atoms with Crippen LogP contribution in [-0.2, 0) is 33.2 Å². The van der Waals surface area contributed by atoms with Crippen molar-refractivity contribution in [3.63, 3.8) is 0 Å². The Balaban J connectivity index is 1.32. The normalized spacial score (nSPS) is 26.8. The summed E-state index contributed by atoms with van der Waals surface area (Å²) in [6.45, 7) is 1.72. The highest BCUT2D eigenvalue weighted by Crippen LogP contribution is 2.33. The van der Waals surface area contributed by atoms with Crippen LogP contribution in [-0.4, -0.2) is 193 Å². The van der Waals surface area contributed by atoms with Crippen LogP contribution in [0.25, 0.3) is 0 Å². The number of rotatable bonds is 64. The molecule has 17 unspecified atom stereocenters. The van der Waals surface area contributed by atoms with E-state index in [1.807, 2.05) is 0 Å². The number of hydrogen-bond donors (Lipinski definition) is 12. The van der Waals surface area contributed by atoms with E-state index in [-0.39, 0.29) is 18.9 Å². The van der Waals surface area contributed by atoms with Gasteiger partial charge in [0.25, 0.3) is 0 Å². The predicted octanol–water partition coefficient (Wildman–Crippen LogP) is 13.5. The highest BCUT2D eigenvalue weighted by molar-refractivity contribution is 5.76. The number of carbonyl (C=O) groups is 1. The smallest absolute Gasteiger partial charge is 0.220 e. The molecule has 3 rings (SSSR count). The zero-order valence-corrected chi connectivity index (χ0v) is 62.4. The zero-order valence-electron chi connectivity index (χ0n) is 62.4. The maximum atomic E-state index is 13.5. The van der Waals surface area contributed by atoms with Crippen LogP contribution in [0, 0.1) is 0 Å². The lowest BCUT2D eigenvalue weighted by molar-refractivity contribution is -0.379. The van der Waals surface area contributed by atoms with Crippen LogP contribution in [0.5, 0.6) is 0 Å². The first-order valence-corrected chi connectivity index (χ1v) is 40.5. The lowest BCUT2D eigenvalue weighted by Crippen LogP contribution is -2.66. The molecule has 0 aromatic rings. The fourth-order valence-electron chi connectivity index (χ4n) is 13.6. The van der Waals surface area contributed by atoms with Gasteiger partial charge in [0, 0.05) is 6.42 Å². The summed E-state index contributed by atoms with van der Waals surface area (Å²) < 4.78 is 34.5. The summed E-state index contributed by atoms with van der Waals surface area (Å²) in [5, 5.41) is 121. The molecule has 12 N–H and O–H groups in total. The Bertz CT molecular complexity index is 2040. The Hall–Kier alpha value is -2.51. The fraction of sp³-hybridized carbons (Fsp3) is 0.864. The van der Waals surface area contributed by atoms with Crippen molar-refractivity contribution in [1.82, 2.24) is 5.32 Å². The molecule has 3 aliphatic rings. The van der Waals surface area contributed by atoms with E-state index in [1.165, 1.54) is 205 Å². The number of aliphatic hydroxyl groups excluding tert-OH is 11. The third kappa shape index (κ3) is 41.4. The number of unbranched alkanes of at least 4 members (excludes halogenated alkanes) is 38. The molecule has 3 aliphatic heterocycles. The molecular weight excluding hydrogens is 1270 g/mol. The molecule has 100 heavy (non-hydrogen) atoms. The number of allylic oxidation sites excluding steroid dienone is 10. The molecule has 3 fully saturated rings. The average Bonchev–Trinajstić information content (AvgIpc) is 0.783. The SMILES string of the molecule is CC/C=C\C/C=C\C/C=C\C/C=C\C/C=C\CCCCCCCCCCCCCCCCCCCCCCCC(=O)NC(COC1OC(CO)C(OC2OC(CO)C(OC3OC(CO)C(O)C(O)C3O)C(O)C2O)C(O)C1O)C(O)CCCCCCCCCCCCCCCCCCCC. The number of carbonyl (C=O) groups excluding carboxylic acids is 1. The number of hydrogen-bond acceptors (Lipinski definition) is 18. The minimum Gasteiger partial charge on any atom is -0.394 e. The van der Waals surface area contributed by atoms with Gasteiger partial charge in [-0.3, -0.25) is 4.79 Å². The van der Waals surface area contributed by atoms with Crippen LogP contribution >= 0.6 is 0 Å². The topological polar surface area (TPSA) is 307 Å². The maximum absolute atomic E-state index is 13.5. The Morgan fingerprint density at radius 1 is 0.370 bits per heavy atom. The zero-order chi connectivity index (χ0) is 72.5. The van der Waals surface area contributed by atoms with Crippen LogP contribution in [0.15, 0.2) is 60.8 Å². The van der Waals surface area contributed by atoms with Crippen molar-refractivity contribution in [1.29, 1.82) is 0 Å². The van der Waals surface area contributed by atoms with E-state index in [0.717, 1.165) is 77.0 Å². The first kappa shape index (κ1) is 91.7. The summed E-state index contributed by atoms with van der Waals surface area (Å²) in [7, 11) is 0. The maximum Gasteiger partial charge on any atom is 0.220 e. The molecule has 584 valence electrons. The highest BCUT2D eigenvalue weighted by Gasteiger charge is 2.54. The molecular formula is C81H147NO18. The van der Waals surface area contributed by atoms with Gasteiger partial charge in [-0.25, -0.2) is 0 Å². The summed E-state index contributed by atoms with van der Waals surface area (Å²) in [6, 6.07) is -0.888. The van der Waals surface area contributed by atoms with Crippen LogP contribution in [0.2, 0.25) is 0 Å². The van der Waals surface area contributed by atoms with Gasteiger partial charge in [0.15, 0.2) is 18.9 Å². The van der Waals surface area contributed by atoms with Crippen molar-refractivity contribution < 1.29 is 89.4 Å². The molecule has 0 bridgehead atoms. The highest BCUT2D eigenvalue weighted by atomic mass is 16.8. The first-order valence-electron chi connectivity index (χ1n) is 40.5. The summed E-state index contributed by atoms with van der Waals surface area (Å²) in [6.07, 6.45) is 51.7. The van der Waals surface area contributed by atoms with Gasteiger partial charge in [0.05, 0.1) is 38.6 Å². The molecule has 0 aliphatic carbocycles. The quantitative estimate of drug-likeness (QED) is 0.0199. The van der Waals surface area contributed by atoms with Crippen molar-refractivity contribution >= 4 is 5.91 Å². The molecule has 0 radical (unpaired) electrons. The van der Waals surface area contributed by atoms with Crippen molar-refractivity contribution in [2.45, 2.75) is 420 Å². The van der Waals surface area contributed by atoms with Crippen LogP contribution in [0.3, 0.4) is 0 Å².